The second-order valence-electron chi connectivity index (χ2n) is 4.44. The summed E-state index contributed by atoms with van der Waals surface area (Å²) in [7, 11) is 0. The normalized spacial score (nSPS) is 10.8. The molecular weight excluding hydrogens is 256 g/mol. The Labute approximate surface area is 119 Å². The highest BCUT2D eigenvalue weighted by molar-refractivity contribution is 5.25. The Morgan fingerprint density at radius 3 is 2.95 bits per heavy atom. The first-order chi connectivity index (χ1) is 9.90. The van der Waals surface area contributed by atoms with Crippen molar-refractivity contribution in [2.75, 3.05) is 25.1 Å². The quantitative estimate of drug-likeness (QED) is 0.665. The van der Waals surface area contributed by atoms with Crippen LogP contribution in [-0.2, 0) is 17.8 Å². The Bertz CT molecular complexity index is 467. The molecule has 0 spiro atoms. The molecule has 0 atom stereocenters. The fourth-order valence-electron chi connectivity index (χ4n) is 1.93. The summed E-state index contributed by atoms with van der Waals surface area (Å²) < 4.78 is 9.27. The second-order valence-corrected chi connectivity index (χ2v) is 4.44. The van der Waals surface area contributed by atoms with Crippen LogP contribution in [0.3, 0.4) is 0 Å². The van der Waals surface area contributed by atoms with Crippen molar-refractivity contribution in [1.82, 2.24) is 24.5 Å². The van der Waals surface area contributed by atoms with E-state index in [0.717, 1.165) is 51.6 Å². The molecule has 0 aromatic carbocycles. The summed E-state index contributed by atoms with van der Waals surface area (Å²) in [6.45, 7) is 6.22. The highest BCUT2D eigenvalue weighted by atomic mass is 16.5. The maximum atomic E-state index is 5.31. The van der Waals surface area contributed by atoms with Crippen LogP contribution < -0.4 is 5.32 Å². The number of aromatic nitrogens is 5. The molecule has 0 saturated carbocycles. The molecule has 2 aromatic rings. The van der Waals surface area contributed by atoms with Crippen LogP contribution in [-0.4, -0.2) is 44.3 Å². The Morgan fingerprint density at radius 1 is 1.20 bits per heavy atom. The fourth-order valence-corrected chi connectivity index (χ4v) is 1.93. The van der Waals surface area contributed by atoms with Gasteiger partial charge in [-0.3, -0.25) is 4.68 Å². The SMILES string of the molecule is CCOCCCNc1nccn1CCCn1ccnn1. The number of rotatable bonds is 10. The minimum atomic E-state index is 0.775. The van der Waals surface area contributed by atoms with Gasteiger partial charge in [0, 0.05) is 51.4 Å². The molecule has 2 rings (SSSR count). The second kappa shape index (κ2) is 8.31. The van der Waals surface area contributed by atoms with Gasteiger partial charge in [0.2, 0.25) is 5.95 Å². The predicted molar refractivity (Wildman–Crippen MR) is 76.5 cm³/mol. The van der Waals surface area contributed by atoms with Gasteiger partial charge in [0.25, 0.3) is 0 Å². The van der Waals surface area contributed by atoms with Crippen molar-refractivity contribution in [3.63, 3.8) is 0 Å². The number of imidazole rings is 1. The largest absolute Gasteiger partial charge is 0.382 e. The Balaban J connectivity index is 1.68. The molecule has 1 N–H and O–H groups in total. The monoisotopic (exact) mass is 278 g/mol. The first-order valence-electron chi connectivity index (χ1n) is 7.07. The number of hydrogen-bond donors (Lipinski definition) is 1. The zero-order valence-electron chi connectivity index (χ0n) is 11.9. The summed E-state index contributed by atoms with van der Waals surface area (Å²) in [5.74, 6) is 0.917. The molecule has 0 fully saturated rings. The molecule has 20 heavy (non-hydrogen) atoms. The Hall–Kier alpha value is -1.89. The van der Waals surface area contributed by atoms with Crippen LogP contribution in [0.2, 0.25) is 0 Å². The number of anilines is 1. The molecule has 2 aromatic heterocycles. The van der Waals surface area contributed by atoms with Gasteiger partial charge in [-0.05, 0) is 19.8 Å². The summed E-state index contributed by atoms with van der Waals surface area (Å²) in [6.07, 6.45) is 9.36. The predicted octanol–water partition coefficient (Wildman–Crippen LogP) is 1.40. The van der Waals surface area contributed by atoms with Crippen molar-refractivity contribution < 1.29 is 4.74 Å². The van der Waals surface area contributed by atoms with Gasteiger partial charge in [-0.2, -0.15) is 0 Å². The van der Waals surface area contributed by atoms with Gasteiger partial charge in [-0.15, -0.1) is 5.10 Å². The lowest BCUT2D eigenvalue weighted by molar-refractivity contribution is 0.147. The standard InChI is InChI=1S/C13H22N6O/c1-2-20-12-3-5-14-13-15-6-10-18(13)8-4-9-19-11-7-16-17-19/h6-7,10-11H,2-5,8-9,12H2,1H3,(H,14,15). The number of aryl methyl sites for hydroxylation is 2. The maximum Gasteiger partial charge on any atom is 0.202 e. The van der Waals surface area contributed by atoms with E-state index in [-0.39, 0.29) is 0 Å². The van der Waals surface area contributed by atoms with E-state index < -0.39 is 0 Å². The van der Waals surface area contributed by atoms with Gasteiger partial charge in [0.05, 0.1) is 6.20 Å². The van der Waals surface area contributed by atoms with Crippen LogP contribution >= 0.6 is 0 Å². The van der Waals surface area contributed by atoms with Crippen LogP contribution in [0.5, 0.6) is 0 Å². The molecule has 0 saturated heterocycles. The van der Waals surface area contributed by atoms with Crippen molar-refractivity contribution >= 4 is 5.95 Å². The van der Waals surface area contributed by atoms with Gasteiger partial charge >= 0.3 is 0 Å². The van der Waals surface area contributed by atoms with Gasteiger partial charge < -0.3 is 14.6 Å². The summed E-state index contributed by atoms with van der Waals surface area (Å²) in [6, 6.07) is 0. The van der Waals surface area contributed by atoms with Gasteiger partial charge in [-0.1, -0.05) is 5.21 Å². The van der Waals surface area contributed by atoms with E-state index in [0.29, 0.717) is 0 Å². The molecule has 0 unspecified atom stereocenters. The number of hydrogen-bond acceptors (Lipinski definition) is 5. The van der Waals surface area contributed by atoms with Crippen LogP contribution in [0, 0.1) is 0 Å². The molecule has 0 bridgehead atoms. The molecule has 0 aliphatic heterocycles. The molecule has 7 heteroatoms. The molecule has 0 aliphatic carbocycles. The average Bonchev–Trinajstić information content (AvgIpc) is 3.11. The first-order valence-corrected chi connectivity index (χ1v) is 7.07. The van der Waals surface area contributed by atoms with E-state index >= 15 is 0 Å². The summed E-state index contributed by atoms with van der Waals surface area (Å²) in [4.78, 5) is 4.33. The van der Waals surface area contributed by atoms with E-state index in [9.17, 15) is 0 Å². The highest BCUT2D eigenvalue weighted by Gasteiger charge is 2.02. The van der Waals surface area contributed by atoms with Gasteiger partial charge in [0.1, 0.15) is 0 Å². The zero-order valence-corrected chi connectivity index (χ0v) is 11.9. The lowest BCUT2D eigenvalue weighted by Gasteiger charge is -2.09. The third-order valence-corrected chi connectivity index (χ3v) is 2.93. The molecule has 0 radical (unpaired) electrons. The summed E-state index contributed by atoms with van der Waals surface area (Å²) in [5.41, 5.74) is 0. The van der Waals surface area contributed by atoms with Crippen LogP contribution in [0.4, 0.5) is 5.95 Å². The van der Waals surface area contributed by atoms with Crippen molar-refractivity contribution in [1.29, 1.82) is 0 Å². The third-order valence-electron chi connectivity index (χ3n) is 2.93. The lowest BCUT2D eigenvalue weighted by Crippen LogP contribution is -2.11. The topological polar surface area (TPSA) is 69.8 Å². The van der Waals surface area contributed by atoms with E-state index in [4.69, 9.17) is 4.74 Å². The van der Waals surface area contributed by atoms with E-state index in [1.165, 1.54) is 0 Å². The Kier molecular flexibility index (Phi) is 6.04. The zero-order chi connectivity index (χ0) is 14.0. The van der Waals surface area contributed by atoms with Gasteiger partial charge in [-0.25, -0.2) is 4.98 Å². The molecule has 0 amide bonds. The van der Waals surface area contributed by atoms with E-state index in [2.05, 4.69) is 25.2 Å². The summed E-state index contributed by atoms with van der Waals surface area (Å²) >= 11 is 0. The van der Waals surface area contributed by atoms with Crippen molar-refractivity contribution in [2.24, 2.45) is 0 Å². The summed E-state index contributed by atoms with van der Waals surface area (Å²) in [5, 5.41) is 11.1. The van der Waals surface area contributed by atoms with E-state index in [1.54, 1.807) is 6.20 Å². The fraction of sp³-hybridized carbons (Fsp3) is 0.615. The molecule has 7 nitrogen and oxygen atoms in total. The van der Waals surface area contributed by atoms with Crippen molar-refractivity contribution in [3.05, 3.63) is 24.8 Å². The van der Waals surface area contributed by atoms with Crippen molar-refractivity contribution in [2.45, 2.75) is 32.9 Å². The molecule has 110 valence electrons. The maximum absolute atomic E-state index is 5.31. The number of nitrogens with one attached hydrogen (secondary N) is 1. The minimum Gasteiger partial charge on any atom is -0.382 e. The number of nitrogens with zero attached hydrogens (tertiary/aromatic N) is 5. The van der Waals surface area contributed by atoms with E-state index in [1.807, 2.05) is 30.2 Å². The minimum absolute atomic E-state index is 0.775. The Morgan fingerprint density at radius 2 is 2.15 bits per heavy atom. The molecule has 0 aliphatic rings. The van der Waals surface area contributed by atoms with Crippen molar-refractivity contribution in [3.8, 4) is 0 Å². The van der Waals surface area contributed by atoms with Crippen LogP contribution in [0.1, 0.15) is 19.8 Å². The molecule has 2 heterocycles. The van der Waals surface area contributed by atoms with Gasteiger partial charge in [0.15, 0.2) is 0 Å². The molecular formula is C13H22N6O. The first kappa shape index (κ1) is 14.5. The van der Waals surface area contributed by atoms with Crippen LogP contribution in [0.25, 0.3) is 0 Å². The highest BCUT2D eigenvalue weighted by Crippen LogP contribution is 2.06. The third kappa shape index (κ3) is 4.65. The lowest BCUT2D eigenvalue weighted by atomic mass is 10.4. The smallest absolute Gasteiger partial charge is 0.202 e. The average molecular weight is 278 g/mol. The van der Waals surface area contributed by atoms with Crippen LogP contribution in [0.15, 0.2) is 24.8 Å². The number of ether oxygens (including phenoxy) is 1.